The Labute approximate surface area is 112 Å². The van der Waals surface area contributed by atoms with E-state index in [0.29, 0.717) is 11.5 Å². The summed E-state index contributed by atoms with van der Waals surface area (Å²) in [4.78, 5) is 21.8. The lowest BCUT2D eigenvalue weighted by atomic mass is 10.5. The number of carbonyl (C=O) groups is 2. The van der Waals surface area contributed by atoms with Gasteiger partial charge in [0, 0.05) is 11.5 Å². The number of rotatable bonds is 7. The van der Waals surface area contributed by atoms with E-state index in [1.54, 1.807) is 0 Å². The molecular formula is C8H12Cl2O4S2. The Morgan fingerprint density at radius 3 is 1.56 bits per heavy atom. The van der Waals surface area contributed by atoms with Crippen LogP contribution in [0, 0.1) is 0 Å². The van der Waals surface area contributed by atoms with E-state index in [1.807, 2.05) is 0 Å². The number of alkyl halides is 2. The molecule has 0 bridgehead atoms. The number of esters is 2. The van der Waals surface area contributed by atoms with Crippen LogP contribution in [-0.4, -0.2) is 48.4 Å². The Morgan fingerprint density at radius 2 is 1.31 bits per heavy atom. The Bertz CT molecular complexity index is 216. The largest absolute Gasteiger partial charge is 0.468 e. The van der Waals surface area contributed by atoms with Gasteiger partial charge < -0.3 is 9.47 Å². The molecule has 16 heavy (non-hydrogen) atoms. The average Bonchev–Trinajstić information content (AvgIpc) is 2.31. The molecule has 0 saturated carbocycles. The molecule has 2 unspecified atom stereocenters. The van der Waals surface area contributed by atoms with Crippen molar-refractivity contribution in [2.45, 2.75) is 10.8 Å². The van der Waals surface area contributed by atoms with Gasteiger partial charge in [0.25, 0.3) is 0 Å². The minimum atomic E-state index is -0.686. The van der Waals surface area contributed by atoms with Crippen LogP contribution >= 0.6 is 44.8 Å². The SMILES string of the molecule is COC(=O)C(Cl)CSSCC(Cl)C(=O)OC. The van der Waals surface area contributed by atoms with Crippen molar-refractivity contribution >= 4 is 56.7 Å². The van der Waals surface area contributed by atoms with Gasteiger partial charge in [0.05, 0.1) is 14.2 Å². The number of hydrogen-bond acceptors (Lipinski definition) is 6. The Hall–Kier alpha value is 0.220. The molecule has 0 spiro atoms. The number of halogens is 2. The molecule has 0 radical (unpaired) electrons. The van der Waals surface area contributed by atoms with Crippen LogP contribution in [0.15, 0.2) is 0 Å². The Kier molecular flexibility index (Phi) is 9.40. The van der Waals surface area contributed by atoms with Gasteiger partial charge in [0.1, 0.15) is 10.8 Å². The van der Waals surface area contributed by atoms with Crippen molar-refractivity contribution in [1.82, 2.24) is 0 Å². The van der Waals surface area contributed by atoms with E-state index in [4.69, 9.17) is 23.2 Å². The second-order valence-electron chi connectivity index (χ2n) is 2.55. The standard InChI is InChI=1S/C8H12Cl2O4S2/c1-13-7(11)5(9)3-15-16-4-6(10)8(12)14-2/h5-6H,3-4H2,1-2H3. The first-order chi connectivity index (χ1) is 7.52. The maximum Gasteiger partial charge on any atom is 0.324 e. The molecule has 94 valence electrons. The van der Waals surface area contributed by atoms with Crippen molar-refractivity contribution < 1.29 is 19.1 Å². The average molecular weight is 307 g/mol. The van der Waals surface area contributed by atoms with E-state index in [1.165, 1.54) is 35.8 Å². The molecule has 0 heterocycles. The molecule has 8 heteroatoms. The molecule has 0 saturated heterocycles. The van der Waals surface area contributed by atoms with Gasteiger partial charge in [0.2, 0.25) is 0 Å². The zero-order valence-electron chi connectivity index (χ0n) is 8.77. The van der Waals surface area contributed by atoms with Crippen LogP contribution in [0.1, 0.15) is 0 Å². The van der Waals surface area contributed by atoms with Gasteiger partial charge in [-0.15, -0.1) is 23.2 Å². The van der Waals surface area contributed by atoms with E-state index in [-0.39, 0.29) is 0 Å². The van der Waals surface area contributed by atoms with Gasteiger partial charge in [-0.1, -0.05) is 21.6 Å². The molecule has 0 aromatic rings. The number of ether oxygens (including phenoxy) is 2. The summed E-state index contributed by atoms with van der Waals surface area (Å²) >= 11 is 11.4. The highest BCUT2D eigenvalue weighted by atomic mass is 35.5. The monoisotopic (exact) mass is 306 g/mol. The number of methoxy groups -OCH3 is 2. The summed E-state index contributed by atoms with van der Waals surface area (Å²) in [5.74, 6) is -0.150. The highest BCUT2D eigenvalue weighted by Crippen LogP contribution is 2.26. The fourth-order valence-corrected chi connectivity index (χ4v) is 3.71. The highest BCUT2D eigenvalue weighted by Gasteiger charge is 2.18. The second kappa shape index (κ2) is 9.27. The summed E-state index contributed by atoms with van der Waals surface area (Å²) in [5.41, 5.74) is 0. The quantitative estimate of drug-likeness (QED) is 0.310. The highest BCUT2D eigenvalue weighted by molar-refractivity contribution is 8.76. The summed E-state index contributed by atoms with van der Waals surface area (Å²) in [6, 6.07) is 0. The minimum absolute atomic E-state index is 0.393. The van der Waals surface area contributed by atoms with Crippen LogP contribution in [0.4, 0.5) is 0 Å². The van der Waals surface area contributed by atoms with E-state index in [0.717, 1.165) is 0 Å². The fraction of sp³-hybridized carbons (Fsp3) is 0.750. The van der Waals surface area contributed by atoms with E-state index in [2.05, 4.69) is 9.47 Å². The molecule has 2 atom stereocenters. The topological polar surface area (TPSA) is 52.6 Å². The summed E-state index contributed by atoms with van der Waals surface area (Å²) in [5, 5.41) is -1.37. The first-order valence-electron chi connectivity index (χ1n) is 4.21. The smallest absolute Gasteiger partial charge is 0.324 e. The van der Waals surface area contributed by atoms with Crippen molar-refractivity contribution in [2.75, 3.05) is 25.7 Å². The molecule has 0 aliphatic heterocycles. The molecular weight excluding hydrogens is 295 g/mol. The fourth-order valence-electron chi connectivity index (χ4n) is 0.608. The molecule has 4 nitrogen and oxygen atoms in total. The van der Waals surface area contributed by atoms with Gasteiger partial charge in [-0.05, 0) is 0 Å². The zero-order valence-corrected chi connectivity index (χ0v) is 11.9. The zero-order chi connectivity index (χ0) is 12.6. The van der Waals surface area contributed by atoms with Gasteiger partial charge in [-0.2, -0.15) is 0 Å². The van der Waals surface area contributed by atoms with Crippen molar-refractivity contribution in [1.29, 1.82) is 0 Å². The van der Waals surface area contributed by atoms with Gasteiger partial charge in [-0.25, -0.2) is 0 Å². The lowest BCUT2D eigenvalue weighted by molar-refractivity contribution is -0.140. The normalized spacial score (nSPS) is 14.0. The first kappa shape index (κ1) is 16.2. The molecule has 0 aromatic heterocycles. The van der Waals surface area contributed by atoms with Gasteiger partial charge >= 0.3 is 11.9 Å². The van der Waals surface area contributed by atoms with Crippen LogP contribution < -0.4 is 0 Å². The van der Waals surface area contributed by atoms with Crippen LogP contribution in [0.2, 0.25) is 0 Å². The molecule has 0 aliphatic rings. The van der Waals surface area contributed by atoms with E-state index >= 15 is 0 Å². The molecule has 0 aliphatic carbocycles. The summed E-state index contributed by atoms with van der Waals surface area (Å²) in [6.45, 7) is 0. The molecule has 0 N–H and O–H groups in total. The minimum Gasteiger partial charge on any atom is -0.468 e. The third kappa shape index (κ3) is 6.73. The molecule has 0 rings (SSSR count). The number of carbonyl (C=O) groups excluding carboxylic acids is 2. The third-order valence-corrected chi connectivity index (χ3v) is 4.88. The van der Waals surface area contributed by atoms with Gasteiger partial charge in [0.15, 0.2) is 0 Å². The van der Waals surface area contributed by atoms with Crippen LogP contribution in [0.25, 0.3) is 0 Å². The maximum atomic E-state index is 10.9. The first-order valence-corrected chi connectivity index (χ1v) is 7.57. The molecule has 0 fully saturated rings. The van der Waals surface area contributed by atoms with Gasteiger partial charge in [-0.3, -0.25) is 9.59 Å². The van der Waals surface area contributed by atoms with Crippen molar-refractivity contribution in [3.05, 3.63) is 0 Å². The van der Waals surface area contributed by atoms with E-state index < -0.39 is 22.7 Å². The third-order valence-electron chi connectivity index (χ3n) is 1.43. The summed E-state index contributed by atoms with van der Waals surface area (Å²) < 4.78 is 8.90. The maximum absolute atomic E-state index is 10.9. The Balaban J connectivity index is 3.60. The second-order valence-corrected chi connectivity index (χ2v) is 6.16. The van der Waals surface area contributed by atoms with Crippen molar-refractivity contribution in [3.8, 4) is 0 Å². The van der Waals surface area contributed by atoms with E-state index in [9.17, 15) is 9.59 Å². The summed E-state index contributed by atoms with van der Waals surface area (Å²) in [7, 11) is 5.26. The van der Waals surface area contributed by atoms with Crippen molar-refractivity contribution in [3.63, 3.8) is 0 Å². The lowest BCUT2D eigenvalue weighted by Gasteiger charge is -2.08. The van der Waals surface area contributed by atoms with Crippen LogP contribution in [-0.2, 0) is 19.1 Å². The lowest BCUT2D eigenvalue weighted by Crippen LogP contribution is -2.19. The predicted molar refractivity (Wildman–Crippen MR) is 68.2 cm³/mol. The van der Waals surface area contributed by atoms with Crippen LogP contribution in [0.3, 0.4) is 0 Å². The predicted octanol–water partition coefficient (Wildman–Crippen LogP) is 1.93. The van der Waals surface area contributed by atoms with Crippen LogP contribution in [0.5, 0.6) is 0 Å². The molecule has 0 amide bonds. The Morgan fingerprint density at radius 1 is 1.00 bits per heavy atom. The summed E-state index contributed by atoms with van der Waals surface area (Å²) in [6.07, 6.45) is 0. The number of hydrogen-bond donors (Lipinski definition) is 0. The molecule has 0 aromatic carbocycles. The van der Waals surface area contributed by atoms with Crippen molar-refractivity contribution in [2.24, 2.45) is 0 Å².